The molecule has 2 aromatic rings. The Labute approximate surface area is 146 Å². The molecule has 0 aliphatic carbocycles. The van der Waals surface area contributed by atoms with Crippen molar-refractivity contribution < 1.29 is 9.53 Å². The molecule has 0 spiro atoms. The van der Waals surface area contributed by atoms with Crippen LogP contribution in [0.4, 0.5) is 4.79 Å². The summed E-state index contributed by atoms with van der Waals surface area (Å²) < 4.78 is 7.69. The number of hydrogen-bond donors (Lipinski definition) is 1. The minimum Gasteiger partial charge on any atom is -0.370 e. The zero-order valence-electron chi connectivity index (χ0n) is 14.1. The van der Waals surface area contributed by atoms with Gasteiger partial charge in [-0.3, -0.25) is 4.68 Å². The molecule has 1 aliphatic heterocycles. The van der Waals surface area contributed by atoms with Gasteiger partial charge >= 0.3 is 6.03 Å². The van der Waals surface area contributed by atoms with E-state index in [4.69, 9.17) is 4.74 Å². The van der Waals surface area contributed by atoms with E-state index in [1.807, 2.05) is 41.9 Å². The van der Waals surface area contributed by atoms with Gasteiger partial charge in [0.25, 0.3) is 0 Å². The first-order valence-corrected chi connectivity index (χ1v) is 9.25. The predicted molar refractivity (Wildman–Crippen MR) is 94.2 cm³/mol. The zero-order valence-corrected chi connectivity index (χ0v) is 15.0. The Kier molecular flexibility index (Phi) is 5.52. The smallest absolute Gasteiger partial charge is 0.317 e. The van der Waals surface area contributed by atoms with Crippen LogP contribution < -0.4 is 5.32 Å². The van der Waals surface area contributed by atoms with Crippen LogP contribution in [0.1, 0.15) is 30.4 Å². The maximum atomic E-state index is 12.5. The molecule has 2 amide bonds. The summed E-state index contributed by atoms with van der Waals surface area (Å²) in [7, 11) is 0. The zero-order chi connectivity index (χ0) is 16.9. The van der Waals surface area contributed by atoms with Crippen LogP contribution in [0.15, 0.2) is 29.9 Å². The number of amides is 2. The van der Waals surface area contributed by atoms with Gasteiger partial charge in [0.15, 0.2) is 0 Å². The Balaban J connectivity index is 1.54. The Hall–Kier alpha value is -1.86. The van der Waals surface area contributed by atoms with Crippen LogP contribution in [-0.2, 0) is 17.7 Å². The average Bonchev–Trinajstić information content (AvgIpc) is 3.26. The lowest BCUT2D eigenvalue weighted by molar-refractivity contribution is -0.0157. The standard InChI is InChI=1S/C17H24N4O2S/c1-3-21-11-14(10-18-21)16-12-20(6-7-23-16)17(22)19-13(2)9-15-5-4-8-24-15/h4-5,8,10-11,13,16H,3,6-7,9,12H2,1-2H3,(H,19,22)/t13-,16+/m0/s1. The maximum absolute atomic E-state index is 12.5. The third-order valence-electron chi connectivity index (χ3n) is 4.16. The van der Waals surface area contributed by atoms with Gasteiger partial charge in [0.1, 0.15) is 6.10 Å². The molecule has 2 atom stereocenters. The Morgan fingerprint density at radius 1 is 1.58 bits per heavy atom. The normalized spacial score (nSPS) is 19.2. The third kappa shape index (κ3) is 4.15. The summed E-state index contributed by atoms with van der Waals surface area (Å²) in [5.74, 6) is 0. The highest BCUT2D eigenvalue weighted by atomic mass is 32.1. The number of nitrogens with zero attached hydrogens (tertiary/aromatic N) is 3. The van der Waals surface area contributed by atoms with Gasteiger partial charge in [-0.15, -0.1) is 11.3 Å². The summed E-state index contributed by atoms with van der Waals surface area (Å²) in [4.78, 5) is 15.6. The fraction of sp³-hybridized carbons (Fsp3) is 0.529. The monoisotopic (exact) mass is 348 g/mol. The number of rotatable bonds is 5. The summed E-state index contributed by atoms with van der Waals surface area (Å²) in [6.07, 6.45) is 4.58. The minimum absolute atomic E-state index is 0.0183. The molecular formula is C17H24N4O2S. The van der Waals surface area contributed by atoms with Crippen LogP contribution >= 0.6 is 11.3 Å². The van der Waals surface area contributed by atoms with Crippen LogP contribution in [0.2, 0.25) is 0 Å². The summed E-state index contributed by atoms with van der Waals surface area (Å²) in [6.45, 7) is 6.66. The van der Waals surface area contributed by atoms with Crippen molar-refractivity contribution in [2.75, 3.05) is 19.7 Å². The first-order chi connectivity index (χ1) is 11.7. The lowest BCUT2D eigenvalue weighted by atomic mass is 10.1. The van der Waals surface area contributed by atoms with Crippen molar-refractivity contribution >= 4 is 17.4 Å². The summed E-state index contributed by atoms with van der Waals surface area (Å²) in [5, 5.41) is 9.44. The number of carbonyl (C=O) groups excluding carboxylic acids is 1. The number of hydrogen-bond acceptors (Lipinski definition) is 4. The average molecular weight is 348 g/mol. The quantitative estimate of drug-likeness (QED) is 0.904. The summed E-state index contributed by atoms with van der Waals surface area (Å²) in [5.41, 5.74) is 1.03. The first-order valence-electron chi connectivity index (χ1n) is 8.37. The van der Waals surface area contributed by atoms with Crippen LogP contribution in [0.5, 0.6) is 0 Å². The summed E-state index contributed by atoms with van der Waals surface area (Å²) in [6, 6.07) is 4.23. The molecule has 6 nitrogen and oxygen atoms in total. The van der Waals surface area contributed by atoms with Crippen molar-refractivity contribution in [2.24, 2.45) is 0 Å². The highest BCUT2D eigenvalue weighted by Gasteiger charge is 2.27. The van der Waals surface area contributed by atoms with E-state index in [-0.39, 0.29) is 18.2 Å². The van der Waals surface area contributed by atoms with Crippen molar-refractivity contribution in [1.82, 2.24) is 20.0 Å². The fourth-order valence-electron chi connectivity index (χ4n) is 2.84. The molecule has 0 saturated carbocycles. The topological polar surface area (TPSA) is 59.4 Å². The van der Waals surface area contributed by atoms with E-state index in [1.54, 1.807) is 11.3 Å². The van der Waals surface area contributed by atoms with E-state index >= 15 is 0 Å². The number of aromatic nitrogens is 2. The Morgan fingerprint density at radius 2 is 2.46 bits per heavy atom. The van der Waals surface area contributed by atoms with Gasteiger partial charge in [-0.2, -0.15) is 5.10 Å². The Bertz CT molecular complexity index is 655. The molecule has 1 aliphatic rings. The second kappa shape index (κ2) is 7.81. The second-order valence-corrected chi connectivity index (χ2v) is 7.10. The van der Waals surface area contributed by atoms with Crippen molar-refractivity contribution in [3.8, 4) is 0 Å². The number of ether oxygens (including phenoxy) is 1. The lowest BCUT2D eigenvalue weighted by Gasteiger charge is -2.33. The van der Waals surface area contributed by atoms with Gasteiger partial charge < -0.3 is 15.0 Å². The highest BCUT2D eigenvalue weighted by Crippen LogP contribution is 2.22. The van der Waals surface area contributed by atoms with Crippen LogP contribution in [0.25, 0.3) is 0 Å². The molecule has 0 unspecified atom stereocenters. The SMILES string of the molecule is CCn1cc([C@H]2CN(C(=O)N[C@@H](C)Cc3cccs3)CCO2)cn1. The minimum atomic E-state index is -0.0996. The van der Waals surface area contributed by atoms with Crippen LogP contribution in [-0.4, -0.2) is 46.4 Å². The second-order valence-electron chi connectivity index (χ2n) is 6.07. The van der Waals surface area contributed by atoms with E-state index in [0.717, 1.165) is 18.5 Å². The van der Waals surface area contributed by atoms with E-state index in [0.29, 0.717) is 19.7 Å². The number of morpholine rings is 1. The Morgan fingerprint density at radius 3 is 3.17 bits per heavy atom. The maximum Gasteiger partial charge on any atom is 0.317 e. The molecule has 3 rings (SSSR count). The van der Waals surface area contributed by atoms with Crippen LogP contribution in [0.3, 0.4) is 0 Å². The van der Waals surface area contributed by atoms with Crippen molar-refractivity contribution in [3.05, 3.63) is 40.3 Å². The number of nitrogens with one attached hydrogen (secondary N) is 1. The van der Waals surface area contributed by atoms with Gasteiger partial charge in [-0.25, -0.2) is 4.79 Å². The highest BCUT2D eigenvalue weighted by molar-refractivity contribution is 7.09. The number of thiophene rings is 1. The largest absolute Gasteiger partial charge is 0.370 e. The van der Waals surface area contributed by atoms with Crippen molar-refractivity contribution in [1.29, 1.82) is 0 Å². The molecule has 2 aromatic heterocycles. The van der Waals surface area contributed by atoms with Gasteiger partial charge in [-0.1, -0.05) is 6.07 Å². The molecule has 1 fully saturated rings. The summed E-state index contributed by atoms with van der Waals surface area (Å²) >= 11 is 1.72. The molecule has 7 heteroatoms. The van der Waals surface area contributed by atoms with E-state index in [1.165, 1.54) is 4.88 Å². The van der Waals surface area contributed by atoms with E-state index in [2.05, 4.69) is 21.9 Å². The van der Waals surface area contributed by atoms with Gasteiger partial charge in [0.05, 0.1) is 19.3 Å². The third-order valence-corrected chi connectivity index (χ3v) is 5.06. The molecule has 3 heterocycles. The van der Waals surface area contributed by atoms with Crippen molar-refractivity contribution in [2.45, 2.75) is 39.0 Å². The molecule has 0 bridgehead atoms. The molecule has 0 aromatic carbocycles. The number of carbonyl (C=O) groups is 1. The van der Waals surface area contributed by atoms with E-state index < -0.39 is 0 Å². The molecule has 1 N–H and O–H groups in total. The number of aryl methyl sites for hydroxylation is 1. The molecule has 130 valence electrons. The first kappa shape index (κ1) is 17.0. The van der Waals surface area contributed by atoms with Crippen molar-refractivity contribution in [3.63, 3.8) is 0 Å². The molecule has 1 saturated heterocycles. The fourth-order valence-corrected chi connectivity index (χ4v) is 3.67. The van der Waals surface area contributed by atoms with Gasteiger partial charge in [0.2, 0.25) is 0 Å². The molecular weight excluding hydrogens is 324 g/mol. The van der Waals surface area contributed by atoms with Gasteiger partial charge in [-0.05, 0) is 25.3 Å². The predicted octanol–water partition coefficient (Wildman–Crippen LogP) is 2.68. The molecule has 24 heavy (non-hydrogen) atoms. The van der Waals surface area contributed by atoms with Crippen LogP contribution in [0, 0.1) is 0 Å². The number of urea groups is 1. The molecule has 0 radical (unpaired) electrons. The van der Waals surface area contributed by atoms with Gasteiger partial charge in [0, 0.05) is 42.2 Å². The van der Waals surface area contributed by atoms with E-state index in [9.17, 15) is 4.79 Å². The lowest BCUT2D eigenvalue weighted by Crippen LogP contribution is -2.49.